The van der Waals surface area contributed by atoms with Crippen LogP contribution >= 0.6 is 7.82 Å². The molecule has 334 valence electrons. The molecule has 0 bridgehead atoms. The first-order valence-corrected chi connectivity index (χ1v) is 23.5. The number of aliphatic hydroxyl groups excluding tert-OH is 7. The number of unbranched alkanes of at least 4 members (excludes halogenated alkanes) is 18. The molecule has 8 atom stereocenters. The maximum Gasteiger partial charge on any atom is 0.472 e. The van der Waals surface area contributed by atoms with E-state index in [1.165, 1.54) is 83.1 Å². The number of carbonyl (C=O) groups excluding carboxylic acids is 1. The van der Waals surface area contributed by atoms with Crippen LogP contribution in [0.4, 0.5) is 0 Å². The van der Waals surface area contributed by atoms with Gasteiger partial charge < -0.3 is 46.0 Å². The summed E-state index contributed by atoms with van der Waals surface area (Å²) < 4.78 is 22.6. The highest BCUT2D eigenvalue weighted by Gasteiger charge is 2.51. The Morgan fingerprint density at radius 1 is 0.632 bits per heavy atom. The normalized spacial score (nSPS) is 24.3. The van der Waals surface area contributed by atoms with Crippen molar-refractivity contribution in [3.05, 3.63) is 36.5 Å². The second-order valence-electron chi connectivity index (χ2n) is 15.7. The fraction of sp³-hybridized carbons (Fsp3) is 0.837. The Morgan fingerprint density at radius 3 is 1.61 bits per heavy atom. The lowest BCUT2D eigenvalue weighted by Crippen LogP contribution is -2.64. The van der Waals surface area contributed by atoms with Crippen LogP contribution in [0.2, 0.25) is 0 Å². The molecule has 1 saturated carbocycles. The van der Waals surface area contributed by atoms with E-state index in [1.807, 2.05) is 6.92 Å². The van der Waals surface area contributed by atoms with Crippen LogP contribution < -0.4 is 5.32 Å². The van der Waals surface area contributed by atoms with Gasteiger partial charge in [0.05, 0.1) is 31.3 Å². The van der Waals surface area contributed by atoms with Gasteiger partial charge >= 0.3 is 7.82 Å². The molecule has 57 heavy (non-hydrogen) atoms. The third-order valence-electron chi connectivity index (χ3n) is 10.5. The Labute approximate surface area is 343 Å². The SMILES string of the molecule is CCCC/C=C/C(O)C(COP(=O)(O)OC1C(O)C(O)C(O)C(O)C1O)NC(=O)CC(O)CCCCCCCCC/C=C\C/C=C\CCCCCCCCCCC. The van der Waals surface area contributed by atoms with Crippen molar-refractivity contribution in [1.82, 2.24) is 5.32 Å². The summed E-state index contributed by atoms with van der Waals surface area (Å²) in [6.07, 6.45) is 23.6. The van der Waals surface area contributed by atoms with E-state index < -0.39 is 75.2 Å². The largest absolute Gasteiger partial charge is 0.472 e. The van der Waals surface area contributed by atoms with Crippen molar-refractivity contribution in [3.8, 4) is 0 Å². The molecule has 0 aromatic heterocycles. The number of amides is 1. The van der Waals surface area contributed by atoms with Gasteiger partial charge in [0.15, 0.2) is 0 Å². The summed E-state index contributed by atoms with van der Waals surface area (Å²) in [6, 6.07) is -1.24. The average molecular weight is 834 g/mol. The molecule has 8 unspecified atom stereocenters. The van der Waals surface area contributed by atoms with Crippen LogP contribution in [0.5, 0.6) is 0 Å². The summed E-state index contributed by atoms with van der Waals surface area (Å²) >= 11 is 0. The Morgan fingerprint density at radius 2 is 1.09 bits per heavy atom. The lowest BCUT2D eigenvalue weighted by molar-refractivity contribution is -0.220. The predicted molar refractivity (Wildman–Crippen MR) is 224 cm³/mol. The van der Waals surface area contributed by atoms with Gasteiger partial charge in [-0.15, -0.1) is 0 Å². The molecule has 1 amide bonds. The number of nitrogens with one attached hydrogen (secondary N) is 1. The minimum atomic E-state index is -5.12. The fourth-order valence-electron chi connectivity index (χ4n) is 6.78. The van der Waals surface area contributed by atoms with Crippen LogP contribution in [0.3, 0.4) is 0 Å². The van der Waals surface area contributed by atoms with Crippen LogP contribution in [-0.4, -0.2) is 108 Å². The maximum atomic E-state index is 12.8. The number of phosphoric acid groups is 1. The van der Waals surface area contributed by atoms with Crippen LogP contribution in [0.25, 0.3) is 0 Å². The third-order valence-corrected chi connectivity index (χ3v) is 11.5. The molecule has 0 aromatic rings. The molecule has 0 aliphatic heterocycles. The van der Waals surface area contributed by atoms with Crippen molar-refractivity contribution in [2.24, 2.45) is 0 Å². The number of carbonyl (C=O) groups is 1. The molecule has 0 heterocycles. The van der Waals surface area contributed by atoms with E-state index in [1.54, 1.807) is 6.08 Å². The number of hydrogen-bond donors (Lipinski definition) is 9. The number of phosphoric ester groups is 1. The van der Waals surface area contributed by atoms with Gasteiger partial charge in [-0.1, -0.05) is 153 Å². The van der Waals surface area contributed by atoms with Gasteiger partial charge in [-0.2, -0.15) is 0 Å². The van der Waals surface area contributed by atoms with Gasteiger partial charge in [0.25, 0.3) is 0 Å². The third kappa shape index (κ3) is 25.7. The molecule has 0 radical (unpaired) electrons. The molecule has 1 aliphatic rings. The summed E-state index contributed by atoms with van der Waals surface area (Å²) in [5, 5.41) is 73.7. The zero-order valence-corrected chi connectivity index (χ0v) is 35.9. The van der Waals surface area contributed by atoms with E-state index >= 15 is 0 Å². The van der Waals surface area contributed by atoms with Gasteiger partial charge in [-0.25, -0.2) is 4.57 Å². The maximum absolute atomic E-state index is 12.8. The topological polar surface area (TPSA) is 226 Å². The molecule has 0 saturated heterocycles. The number of aliphatic hydroxyl groups is 7. The van der Waals surface area contributed by atoms with Crippen molar-refractivity contribution in [2.75, 3.05) is 6.61 Å². The Kier molecular flexibility index (Phi) is 31.2. The van der Waals surface area contributed by atoms with Gasteiger partial charge in [-0.3, -0.25) is 13.8 Å². The van der Waals surface area contributed by atoms with Gasteiger partial charge in [0.1, 0.15) is 36.6 Å². The summed E-state index contributed by atoms with van der Waals surface area (Å²) in [7, 11) is -5.12. The number of allylic oxidation sites excluding steroid dienone is 5. The highest BCUT2D eigenvalue weighted by molar-refractivity contribution is 7.47. The Balaban J connectivity index is 2.30. The number of hydrogen-bond acceptors (Lipinski definition) is 11. The molecule has 1 fully saturated rings. The first-order chi connectivity index (χ1) is 27.3. The van der Waals surface area contributed by atoms with Gasteiger partial charge in [0.2, 0.25) is 5.91 Å². The van der Waals surface area contributed by atoms with Crippen LogP contribution in [0.15, 0.2) is 36.5 Å². The highest BCUT2D eigenvalue weighted by Crippen LogP contribution is 2.47. The van der Waals surface area contributed by atoms with Crippen LogP contribution in [0, 0.1) is 0 Å². The minimum Gasteiger partial charge on any atom is -0.393 e. The Bertz CT molecular complexity index is 1120. The minimum absolute atomic E-state index is 0.253. The van der Waals surface area contributed by atoms with Crippen LogP contribution in [-0.2, 0) is 18.4 Å². The average Bonchev–Trinajstić information content (AvgIpc) is 3.18. The molecule has 0 spiro atoms. The first-order valence-electron chi connectivity index (χ1n) is 22.0. The zero-order chi connectivity index (χ0) is 42.3. The van der Waals surface area contributed by atoms with Crippen molar-refractivity contribution in [2.45, 2.75) is 223 Å². The molecular formula is C43H80NO12P. The molecule has 9 N–H and O–H groups in total. The molecular weight excluding hydrogens is 753 g/mol. The van der Waals surface area contributed by atoms with E-state index in [-0.39, 0.29) is 6.42 Å². The zero-order valence-electron chi connectivity index (χ0n) is 35.0. The Hall–Kier alpha value is -1.48. The smallest absolute Gasteiger partial charge is 0.393 e. The first kappa shape index (κ1) is 53.5. The highest BCUT2D eigenvalue weighted by atomic mass is 31.2. The molecule has 1 aliphatic carbocycles. The monoisotopic (exact) mass is 834 g/mol. The molecule has 1 rings (SSSR count). The van der Waals surface area contributed by atoms with Crippen LogP contribution in [0.1, 0.15) is 168 Å². The summed E-state index contributed by atoms with van der Waals surface area (Å²) in [4.78, 5) is 23.1. The second kappa shape index (κ2) is 33.3. The predicted octanol–water partition coefficient (Wildman–Crippen LogP) is 6.58. The lowest BCUT2D eigenvalue weighted by atomic mass is 9.85. The molecule has 14 heteroatoms. The van der Waals surface area contributed by atoms with Crippen molar-refractivity contribution in [1.29, 1.82) is 0 Å². The quantitative estimate of drug-likeness (QED) is 0.0187. The fourth-order valence-corrected chi connectivity index (χ4v) is 7.75. The van der Waals surface area contributed by atoms with E-state index in [0.29, 0.717) is 12.8 Å². The molecule has 0 aromatic carbocycles. The van der Waals surface area contributed by atoms with Gasteiger partial charge in [0, 0.05) is 0 Å². The van der Waals surface area contributed by atoms with E-state index in [2.05, 4.69) is 36.5 Å². The lowest BCUT2D eigenvalue weighted by Gasteiger charge is -2.41. The summed E-state index contributed by atoms with van der Waals surface area (Å²) in [5.41, 5.74) is 0. The van der Waals surface area contributed by atoms with Crippen molar-refractivity contribution >= 4 is 13.7 Å². The second-order valence-corrected chi connectivity index (χ2v) is 17.1. The van der Waals surface area contributed by atoms with E-state index in [4.69, 9.17) is 9.05 Å². The standard InChI is InChI=1S/C43H80NO12P/c1-3-5-7-9-10-11-12-13-14-15-16-17-18-19-20-21-22-23-24-25-26-27-28-30-34(45)32-37(47)44-35(36(46)31-29-8-6-4-2)33-55-57(53,54)56-43-41(51)39(49)38(48)40(50)42(43)52/h16-17,19-20,29,31,34-36,38-43,45-46,48-52H,3-15,18,21-28,30,32-33H2,1-2H3,(H,44,47)(H,53,54)/b17-16-,20-19-,31-29+. The summed E-state index contributed by atoms with van der Waals surface area (Å²) in [6.45, 7) is 3.52. The summed E-state index contributed by atoms with van der Waals surface area (Å²) in [5.74, 6) is -0.608. The molecule has 13 nitrogen and oxygen atoms in total. The van der Waals surface area contributed by atoms with Crippen molar-refractivity contribution in [3.63, 3.8) is 0 Å². The van der Waals surface area contributed by atoms with Crippen molar-refractivity contribution < 1.29 is 59.0 Å². The van der Waals surface area contributed by atoms with E-state index in [9.17, 15) is 50.0 Å². The number of rotatable bonds is 35. The van der Waals surface area contributed by atoms with Gasteiger partial charge in [-0.05, 0) is 44.9 Å². The van der Waals surface area contributed by atoms with E-state index in [0.717, 1.165) is 57.8 Å².